The highest BCUT2D eigenvalue weighted by Gasteiger charge is 2.37. The molecule has 98 valence electrons. The van der Waals surface area contributed by atoms with Crippen LogP contribution in [0.5, 0.6) is 5.75 Å². The monoisotopic (exact) mass is 258 g/mol. The van der Waals surface area contributed by atoms with Crippen molar-refractivity contribution in [3.8, 4) is 5.75 Å². The lowest BCUT2D eigenvalue weighted by atomic mass is 10.0. The molecule has 2 aliphatic rings. The van der Waals surface area contributed by atoms with Crippen LogP contribution in [0.25, 0.3) is 0 Å². The molecular formula is C13H14N4O2. The van der Waals surface area contributed by atoms with Crippen LogP contribution in [0.3, 0.4) is 0 Å². The van der Waals surface area contributed by atoms with E-state index >= 15 is 0 Å². The molecule has 2 aliphatic heterocycles. The average Bonchev–Trinajstić information content (AvgIpc) is 2.89. The first kappa shape index (κ1) is 11.7. The fourth-order valence-corrected chi connectivity index (χ4v) is 2.23. The molecule has 1 N–H and O–H groups in total. The molecule has 1 unspecified atom stereocenters. The van der Waals surface area contributed by atoms with Crippen LogP contribution < -0.4 is 10.2 Å². The molecule has 6 heteroatoms. The van der Waals surface area contributed by atoms with Crippen molar-refractivity contribution >= 4 is 17.5 Å². The largest absolute Gasteiger partial charge is 0.497 e. The molecule has 1 aromatic rings. The Morgan fingerprint density at radius 1 is 1.37 bits per heavy atom. The summed E-state index contributed by atoms with van der Waals surface area (Å²) >= 11 is 0. The van der Waals surface area contributed by atoms with Crippen molar-refractivity contribution in [3.63, 3.8) is 0 Å². The molecule has 3 rings (SSSR count). The predicted octanol–water partition coefficient (Wildman–Crippen LogP) is 0.937. The number of ether oxygens (including phenoxy) is 1. The zero-order valence-electron chi connectivity index (χ0n) is 10.8. The normalized spacial score (nSPS) is 21.5. The van der Waals surface area contributed by atoms with Crippen LogP contribution in [0.1, 0.15) is 18.9 Å². The summed E-state index contributed by atoms with van der Waals surface area (Å²) in [6.07, 6.45) is 0.588. The first-order chi connectivity index (χ1) is 9.19. The topological polar surface area (TPSA) is 66.3 Å². The van der Waals surface area contributed by atoms with Crippen molar-refractivity contribution in [1.29, 1.82) is 0 Å². The van der Waals surface area contributed by atoms with Crippen molar-refractivity contribution in [2.45, 2.75) is 19.4 Å². The molecule has 0 saturated carbocycles. The minimum atomic E-state index is -0.283. The summed E-state index contributed by atoms with van der Waals surface area (Å²) in [5.74, 6) is 1.39. The molecular weight excluding hydrogens is 244 g/mol. The van der Waals surface area contributed by atoms with Gasteiger partial charge in [0.1, 0.15) is 17.6 Å². The molecule has 1 atom stereocenters. The summed E-state index contributed by atoms with van der Waals surface area (Å²) in [4.78, 5) is 11.7. The predicted molar refractivity (Wildman–Crippen MR) is 71.0 cm³/mol. The van der Waals surface area contributed by atoms with Gasteiger partial charge < -0.3 is 4.74 Å². The van der Waals surface area contributed by atoms with Gasteiger partial charge in [-0.15, -0.1) is 0 Å². The van der Waals surface area contributed by atoms with E-state index in [4.69, 9.17) is 4.74 Å². The Morgan fingerprint density at radius 2 is 2.11 bits per heavy atom. The number of hydrogen-bond donors (Lipinski definition) is 1. The van der Waals surface area contributed by atoms with Crippen molar-refractivity contribution < 1.29 is 9.53 Å². The average molecular weight is 258 g/mol. The Balaban J connectivity index is 1.89. The maximum Gasteiger partial charge on any atom is 0.265 e. The third-order valence-corrected chi connectivity index (χ3v) is 3.30. The Morgan fingerprint density at radius 3 is 2.74 bits per heavy atom. The summed E-state index contributed by atoms with van der Waals surface area (Å²) < 4.78 is 5.13. The van der Waals surface area contributed by atoms with E-state index in [0.717, 1.165) is 17.0 Å². The lowest BCUT2D eigenvalue weighted by molar-refractivity contribution is -0.125. The van der Waals surface area contributed by atoms with E-state index in [1.165, 1.54) is 0 Å². The number of rotatable bonds is 2. The number of amidine groups is 1. The number of benzene rings is 1. The van der Waals surface area contributed by atoms with Gasteiger partial charge in [0.05, 0.1) is 12.8 Å². The van der Waals surface area contributed by atoms with E-state index < -0.39 is 0 Å². The zero-order chi connectivity index (χ0) is 13.4. The second-order valence-corrected chi connectivity index (χ2v) is 4.47. The first-order valence-corrected chi connectivity index (χ1v) is 6.04. The number of hydrazone groups is 2. The first-order valence-electron chi connectivity index (χ1n) is 6.04. The van der Waals surface area contributed by atoms with Crippen molar-refractivity contribution in [2.24, 2.45) is 10.2 Å². The van der Waals surface area contributed by atoms with E-state index in [9.17, 15) is 4.79 Å². The van der Waals surface area contributed by atoms with E-state index in [1.54, 1.807) is 12.1 Å². The summed E-state index contributed by atoms with van der Waals surface area (Å²) in [5, 5.41) is 10.1. The lowest BCUT2D eigenvalue weighted by Gasteiger charge is -2.25. The van der Waals surface area contributed by atoms with Crippen LogP contribution in [0.2, 0.25) is 0 Å². The Bertz CT molecular complexity index is 577. The van der Waals surface area contributed by atoms with E-state index in [0.29, 0.717) is 12.3 Å². The van der Waals surface area contributed by atoms with Crippen molar-refractivity contribution in [2.75, 3.05) is 7.11 Å². The Hall–Kier alpha value is -2.37. The molecule has 0 aliphatic carbocycles. The molecule has 0 saturated heterocycles. The van der Waals surface area contributed by atoms with E-state index in [-0.39, 0.29) is 11.9 Å². The van der Waals surface area contributed by atoms with Gasteiger partial charge in [-0.3, -0.25) is 4.79 Å². The number of hydrogen-bond acceptors (Lipinski definition) is 5. The highest BCUT2D eigenvalue weighted by molar-refractivity contribution is 6.07. The number of fused-ring (bicyclic) bond motifs is 1. The third kappa shape index (κ3) is 1.95. The number of methoxy groups -OCH3 is 1. The maximum absolute atomic E-state index is 11.7. The summed E-state index contributed by atoms with van der Waals surface area (Å²) in [7, 11) is 1.63. The van der Waals surface area contributed by atoms with Crippen molar-refractivity contribution in [3.05, 3.63) is 29.8 Å². The fourth-order valence-electron chi connectivity index (χ4n) is 2.23. The van der Waals surface area contributed by atoms with Crippen LogP contribution in [0.15, 0.2) is 34.5 Å². The van der Waals surface area contributed by atoms with Crippen molar-refractivity contribution in [1.82, 2.24) is 10.4 Å². The van der Waals surface area contributed by atoms with Crippen LogP contribution in [-0.2, 0) is 4.79 Å². The standard InChI is InChI=1S/C13H14N4O2/c1-8-14-15-13(18)12-7-11(16-17(8)12)9-3-5-10(19-2)6-4-9/h3-6,12H,7H2,1-2H3,(H,15,18). The van der Waals surface area contributed by atoms with Gasteiger partial charge in [0.2, 0.25) is 0 Å². The van der Waals surface area contributed by atoms with E-state index in [1.807, 2.05) is 31.2 Å². The second kappa shape index (κ2) is 4.38. The minimum absolute atomic E-state index is 0.113. The number of carbonyl (C=O) groups is 1. The number of nitrogens with zero attached hydrogens (tertiary/aromatic N) is 3. The zero-order valence-corrected chi connectivity index (χ0v) is 10.8. The second-order valence-electron chi connectivity index (χ2n) is 4.47. The molecule has 6 nitrogen and oxygen atoms in total. The molecule has 1 amide bonds. The smallest absolute Gasteiger partial charge is 0.265 e. The maximum atomic E-state index is 11.7. The molecule has 0 radical (unpaired) electrons. The Labute approximate surface area is 110 Å². The number of amides is 1. The number of nitrogens with one attached hydrogen (secondary N) is 1. The van der Waals surface area contributed by atoms with Crippen LogP contribution in [0, 0.1) is 0 Å². The molecule has 0 fully saturated rings. The lowest BCUT2D eigenvalue weighted by Crippen LogP contribution is -2.47. The minimum Gasteiger partial charge on any atom is -0.497 e. The summed E-state index contributed by atoms with van der Waals surface area (Å²) in [6.45, 7) is 1.83. The molecule has 19 heavy (non-hydrogen) atoms. The highest BCUT2D eigenvalue weighted by atomic mass is 16.5. The van der Waals surface area contributed by atoms with Gasteiger partial charge >= 0.3 is 0 Å². The van der Waals surface area contributed by atoms with Gasteiger partial charge in [-0.2, -0.15) is 10.2 Å². The van der Waals surface area contributed by atoms with Gasteiger partial charge in [-0.25, -0.2) is 10.4 Å². The van der Waals surface area contributed by atoms with Gasteiger partial charge in [0, 0.05) is 6.42 Å². The van der Waals surface area contributed by atoms with Gasteiger partial charge in [0.15, 0.2) is 0 Å². The van der Waals surface area contributed by atoms with E-state index in [2.05, 4.69) is 15.6 Å². The SMILES string of the molecule is COc1ccc(C2=NN3C(C)=NNC(=O)C3C2)cc1. The van der Waals surface area contributed by atoms with Crippen LogP contribution in [-0.4, -0.2) is 35.6 Å². The number of carbonyl (C=O) groups excluding carboxylic acids is 1. The van der Waals surface area contributed by atoms with Crippen LogP contribution in [0.4, 0.5) is 0 Å². The summed E-state index contributed by atoms with van der Waals surface area (Å²) in [5.41, 5.74) is 4.39. The van der Waals surface area contributed by atoms with Gasteiger partial charge in [-0.05, 0) is 36.8 Å². The molecule has 0 aromatic heterocycles. The molecule has 1 aromatic carbocycles. The van der Waals surface area contributed by atoms with Gasteiger partial charge in [-0.1, -0.05) is 0 Å². The third-order valence-electron chi connectivity index (χ3n) is 3.30. The Kier molecular flexibility index (Phi) is 2.70. The van der Waals surface area contributed by atoms with Crippen LogP contribution >= 0.6 is 0 Å². The summed E-state index contributed by atoms with van der Waals surface area (Å²) in [6, 6.07) is 7.38. The molecule has 0 bridgehead atoms. The fraction of sp³-hybridized carbons (Fsp3) is 0.308. The molecule has 2 heterocycles. The highest BCUT2D eigenvalue weighted by Crippen LogP contribution is 2.23. The quantitative estimate of drug-likeness (QED) is 0.858. The van der Waals surface area contributed by atoms with Gasteiger partial charge in [0.25, 0.3) is 5.91 Å². The molecule has 0 spiro atoms.